The number of hydrogen-bond acceptors (Lipinski definition) is 1. The minimum atomic E-state index is 0.0694. The maximum atomic E-state index is 9.30. The van der Waals surface area contributed by atoms with E-state index in [1.54, 1.807) is 10.6 Å². The molecule has 0 unspecified atom stereocenters. The Morgan fingerprint density at radius 3 is 0.862 bits per heavy atom. The van der Waals surface area contributed by atoms with Gasteiger partial charge >= 0.3 is 168 Å². The number of hydrogen-bond donors (Lipinski definition) is 0. The molecule has 0 spiro atoms. The molecule has 174 valence electrons. The molecule has 0 heterocycles. The smallest absolute Gasteiger partial charge is 0.854 e. The third-order valence-electron chi connectivity index (χ3n) is 5.73. The van der Waals surface area contributed by atoms with E-state index in [1.165, 1.54) is 128 Å². The van der Waals surface area contributed by atoms with Crippen molar-refractivity contribution in [2.45, 2.75) is 166 Å². The Balaban J connectivity index is 0. The van der Waals surface area contributed by atoms with Crippen LogP contribution in [-0.2, 0) is 0 Å². The van der Waals surface area contributed by atoms with Crippen LogP contribution < -0.4 is 5.11 Å². The molecule has 29 heavy (non-hydrogen) atoms. The van der Waals surface area contributed by atoms with Crippen LogP contribution in [0, 0.1) is 0 Å². The molecule has 0 radical (unpaired) electrons. The van der Waals surface area contributed by atoms with Gasteiger partial charge in [-0.1, -0.05) is 13.3 Å². The van der Waals surface area contributed by atoms with Gasteiger partial charge in [-0.05, 0) is 0 Å². The Labute approximate surface area is 192 Å². The normalized spacial score (nSPS) is 10.5. The molecule has 1 nitrogen and oxygen atoms in total. The summed E-state index contributed by atoms with van der Waals surface area (Å²) in [6.07, 6.45) is 30.4. The van der Waals surface area contributed by atoms with Crippen LogP contribution in [0.15, 0.2) is 0 Å². The van der Waals surface area contributed by atoms with Crippen molar-refractivity contribution >= 4 is 15.2 Å². The van der Waals surface area contributed by atoms with Crippen LogP contribution in [0.5, 0.6) is 0 Å². The van der Waals surface area contributed by atoms with Gasteiger partial charge in [-0.25, -0.2) is 0 Å². The summed E-state index contributed by atoms with van der Waals surface area (Å²) in [7, 11) is 0. The van der Waals surface area contributed by atoms with Crippen LogP contribution in [0.3, 0.4) is 0 Å². The molecular formula is C27H57AlO. The minimum Gasteiger partial charge on any atom is -0.854 e. The van der Waals surface area contributed by atoms with E-state index in [9.17, 15) is 5.11 Å². The van der Waals surface area contributed by atoms with Crippen LogP contribution in [0.4, 0.5) is 0 Å². The van der Waals surface area contributed by atoms with Crippen molar-refractivity contribution in [1.29, 1.82) is 0 Å². The molecule has 0 rings (SSSR count). The van der Waals surface area contributed by atoms with E-state index < -0.39 is 0 Å². The summed E-state index contributed by atoms with van der Waals surface area (Å²) in [6, 6.07) is 0. The van der Waals surface area contributed by atoms with Gasteiger partial charge in [-0.2, -0.15) is 0 Å². The van der Waals surface area contributed by atoms with E-state index in [1.807, 2.05) is 6.92 Å². The molecule has 0 amide bonds. The molecule has 0 saturated carbocycles. The first-order valence-electron chi connectivity index (χ1n) is 13.7. The second-order valence-corrected chi connectivity index (χ2v) is 10.7. The Kier molecular flexibility index (Phi) is 36.2. The summed E-state index contributed by atoms with van der Waals surface area (Å²) < 4.78 is 0. The van der Waals surface area contributed by atoms with E-state index in [4.69, 9.17) is 0 Å². The quantitative estimate of drug-likeness (QED) is 0.118. The topological polar surface area (TPSA) is 23.1 Å². The molecule has 0 aliphatic carbocycles. The van der Waals surface area contributed by atoms with Gasteiger partial charge in [0.15, 0.2) is 0 Å². The summed E-state index contributed by atoms with van der Waals surface area (Å²) >= 11 is 0.780. The van der Waals surface area contributed by atoms with Crippen molar-refractivity contribution in [3.8, 4) is 0 Å². The third kappa shape index (κ3) is 36.2. The maximum absolute atomic E-state index is 9.30. The Bertz CT molecular complexity index is 221. The predicted octanol–water partition coefficient (Wildman–Crippen LogP) is 9.13. The van der Waals surface area contributed by atoms with Crippen LogP contribution in [0.1, 0.15) is 156 Å². The van der Waals surface area contributed by atoms with E-state index in [0.717, 1.165) is 21.6 Å². The third-order valence-corrected chi connectivity index (χ3v) is 7.36. The summed E-state index contributed by atoms with van der Waals surface area (Å²) in [5.74, 6) is 0. The zero-order valence-electron chi connectivity index (χ0n) is 21.0. The van der Waals surface area contributed by atoms with Gasteiger partial charge in [0.05, 0.1) is 0 Å². The monoisotopic (exact) mass is 424 g/mol. The molecule has 0 atom stereocenters. The van der Waals surface area contributed by atoms with Crippen LogP contribution in [0.2, 0.25) is 10.6 Å². The van der Waals surface area contributed by atoms with E-state index >= 15 is 0 Å². The number of rotatable bonds is 23. The molecule has 2 heteroatoms. The molecule has 0 aliphatic rings. The standard InChI is InChI=1S/2C12H25.C3H7O.Al/c2*1-3-5-7-9-11-12-10-8-6-4-2;1-2-3-4;/h2*1,3-12H2,2H3;2-3H2,1H3;/q;;-1;+1. The van der Waals surface area contributed by atoms with Crippen molar-refractivity contribution in [3.63, 3.8) is 0 Å². The molecule has 0 N–H and O–H groups in total. The zero-order chi connectivity index (χ0) is 21.7. The second kappa shape index (κ2) is 33.1. The van der Waals surface area contributed by atoms with Crippen LogP contribution >= 0.6 is 0 Å². The second-order valence-electron chi connectivity index (χ2n) is 8.93. The summed E-state index contributed by atoms with van der Waals surface area (Å²) in [5, 5.41) is 12.5. The van der Waals surface area contributed by atoms with Gasteiger partial charge in [0.25, 0.3) is 0 Å². The zero-order valence-corrected chi connectivity index (χ0v) is 22.1. The Morgan fingerprint density at radius 2 is 0.621 bits per heavy atom. The van der Waals surface area contributed by atoms with Crippen molar-refractivity contribution in [3.05, 3.63) is 0 Å². The van der Waals surface area contributed by atoms with Gasteiger partial charge in [-0.15, -0.1) is 6.61 Å². The predicted molar refractivity (Wildman–Crippen MR) is 134 cm³/mol. The van der Waals surface area contributed by atoms with Crippen molar-refractivity contribution in [1.82, 2.24) is 0 Å². The Hall–Kier alpha value is 0.492. The summed E-state index contributed by atoms with van der Waals surface area (Å²) in [4.78, 5) is 0. The fourth-order valence-corrected chi connectivity index (χ4v) is 5.14. The van der Waals surface area contributed by atoms with Crippen molar-refractivity contribution in [2.24, 2.45) is 0 Å². The van der Waals surface area contributed by atoms with Gasteiger partial charge < -0.3 is 5.11 Å². The van der Waals surface area contributed by atoms with Crippen molar-refractivity contribution < 1.29 is 5.11 Å². The van der Waals surface area contributed by atoms with Gasteiger partial charge in [0.2, 0.25) is 0 Å². The summed E-state index contributed by atoms with van der Waals surface area (Å²) in [6.45, 7) is 6.55. The molecule has 0 saturated heterocycles. The van der Waals surface area contributed by atoms with Crippen LogP contribution in [-0.4, -0.2) is 21.8 Å². The SMILES string of the molecule is CCCCCCCCCCC[CH2][Al+][CH2]CCCCCCCCCCC.CCC[O-]. The first-order chi connectivity index (χ1) is 14.3. The average Bonchev–Trinajstić information content (AvgIpc) is 2.75. The Morgan fingerprint density at radius 1 is 0.379 bits per heavy atom. The molecule has 0 bridgehead atoms. The van der Waals surface area contributed by atoms with Gasteiger partial charge in [-0.3, -0.25) is 0 Å². The molecule has 0 aromatic carbocycles. The van der Waals surface area contributed by atoms with E-state index in [2.05, 4.69) is 13.8 Å². The molecule has 0 aromatic rings. The first kappa shape index (κ1) is 31.7. The first-order valence-corrected chi connectivity index (χ1v) is 15.4. The molecule has 0 fully saturated rings. The average molecular weight is 425 g/mol. The van der Waals surface area contributed by atoms with Crippen molar-refractivity contribution in [2.75, 3.05) is 6.61 Å². The molecule has 0 aliphatic heterocycles. The molecular weight excluding hydrogens is 367 g/mol. The molecule has 0 aromatic heterocycles. The minimum absolute atomic E-state index is 0.0694. The van der Waals surface area contributed by atoms with Crippen LogP contribution in [0.25, 0.3) is 0 Å². The van der Waals surface area contributed by atoms with E-state index in [-0.39, 0.29) is 6.61 Å². The van der Waals surface area contributed by atoms with E-state index in [0.29, 0.717) is 0 Å². The fourth-order valence-electron chi connectivity index (χ4n) is 3.70. The fraction of sp³-hybridized carbons (Fsp3) is 1.00. The summed E-state index contributed by atoms with van der Waals surface area (Å²) in [5.41, 5.74) is 0. The van der Waals surface area contributed by atoms with Gasteiger partial charge in [0, 0.05) is 0 Å². The number of unbranched alkanes of at least 4 members (excludes halogenated alkanes) is 18. The van der Waals surface area contributed by atoms with Gasteiger partial charge in [0.1, 0.15) is 0 Å².